The summed E-state index contributed by atoms with van der Waals surface area (Å²) in [6.07, 6.45) is 4.22. The number of benzene rings is 1. The maximum atomic E-state index is 8.29. The van der Waals surface area contributed by atoms with E-state index in [0.29, 0.717) is 5.56 Å². The van der Waals surface area contributed by atoms with Gasteiger partial charge in [-0.15, -0.1) is 0 Å². The summed E-state index contributed by atoms with van der Waals surface area (Å²) < 4.78 is 0. The molecule has 0 unspecified atom stereocenters. The lowest BCUT2D eigenvalue weighted by Crippen LogP contribution is -2.21. The second-order valence-corrected chi connectivity index (χ2v) is 3.29. The molecule has 2 heteroatoms. The minimum absolute atomic E-state index is 0.715. The summed E-state index contributed by atoms with van der Waals surface area (Å²) >= 11 is 0. The second kappa shape index (κ2) is 7.11. The zero-order valence-electron chi connectivity index (χ0n) is 8.37. The van der Waals surface area contributed by atoms with Crippen molar-refractivity contribution in [3.8, 4) is 6.07 Å². The highest BCUT2D eigenvalue weighted by Gasteiger charge is 1.93. The molecule has 0 aliphatic carbocycles. The van der Waals surface area contributed by atoms with Crippen LogP contribution < -0.4 is 5.32 Å². The molecule has 0 spiro atoms. The van der Waals surface area contributed by atoms with Crippen molar-refractivity contribution in [2.75, 3.05) is 13.1 Å². The fraction of sp³-hybridized carbons (Fsp3) is 0.417. The van der Waals surface area contributed by atoms with E-state index in [9.17, 15) is 0 Å². The molecule has 2 rings (SSSR count). The third-order valence-corrected chi connectivity index (χ3v) is 2.11. The van der Waals surface area contributed by atoms with Crippen LogP contribution in [0.2, 0.25) is 0 Å². The predicted molar refractivity (Wildman–Crippen MR) is 57.9 cm³/mol. The summed E-state index contributed by atoms with van der Waals surface area (Å²) in [5.74, 6) is 0. The summed E-state index contributed by atoms with van der Waals surface area (Å²) in [5, 5.41) is 11.6. The summed E-state index contributed by atoms with van der Waals surface area (Å²) in [4.78, 5) is 0. The average molecular weight is 188 g/mol. The Balaban J connectivity index is 0.000000146. The van der Waals surface area contributed by atoms with Gasteiger partial charge < -0.3 is 5.32 Å². The predicted octanol–water partition coefficient (Wildman–Crippen LogP) is 2.32. The standard InChI is InChI=1S/C7H5N.C5H11N/c8-6-7-4-2-1-3-5-7;1-2-4-6-5-3-1/h1-5H;6H,1-5H2. The molecule has 0 saturated carbocycles. The maximum absolute atomic E-state index is 8.29. The Hall–Kier alpha value is -1.33. The van der Waals surface area contributed by atoms with Crippen LogP contribution in [0.15, 0.2) is 30.3 Å². The first-order chi connectivity index (χ1) is 6.93. The van der Waals surface area contributed by atoms with Crippen LogP contribution in [0.4, 0.5) is 0 Å². The van der Waals surface area contributed by atoms with Crippen LogP contribution in [0.5, 0.6) is 0 Å². The molecule has 1 aliphatic rings. The zero-order chi connectivity index (χ0) is 10.1. The van der Waals surface area contributed by atoms with Gasteiger partial charge in [-0.05, 0) is 38.1 Å². The Labute approximate surface area is 85.6 Å². The number of rotatable bonds is 0. The van der Waals surface area contributed by atoms with E-state index in [1.165, 1.54) is 32.4 Å². The van der Waals surface area contributed by atoms with E-state index in [4.69, 9.17) is 5.26 Å². The van der Waals surface area contributed by atoms with Crippen molar-refractivity contribution in [3.05, 3.63) is 35.9 Å². The summed E-state index contributed by atoms with van der Waals surface area (Å²) in [6.45, 7) is 2.50. The molecule has 1 saturated heterocycles. The monoisotopic (exact) mass is 188 g/mol. The molecule has 1 N–H and O–H groups in total. The molecule has 0 radical (unpaired) electrons. The Morgan fingerprint density at radius 3 is 1.93 bits per heavy atom. The van der Waals surface area contributed by atoms with Crippen molar-refractivity contribution >= 4 is 0 Å². The Morgan fingerprint density at radius 1 is 1.00 bits per heavy atom. The van der Waals surface area contributed by atoms with Gasteiger partial charge in [-0.2, -0.15) is 5.26 Å². The first-order valence-corrected chi connectivity index (χ1v) is 5.09. The molecule has 2 nitrogen and oxygen atoms in total. The van der Waals surface area contributed by atoms with E-state index < -0.39 is 0 Å². The normalized spacial score (nSPS) is 14.8. The van der Waals surface area contributed by atoms with Gasteiger partial charge in [0.15, 0.2) is 0 Å². The second-order valence-electron chi connectivity index (χ2n) is 3.29. The molecule has 0 bridgehead atoms. The highest BCUT2D eigenvalue weighted by molar-refractivity contribution is 5.27. The molecule has 1 fully saturated rings. The highest BCUT2D eigenvalue weighted by atomic mass is 14.9. The first-order valence-electron chi connectivity index (χ1n) is 5.09. The van der Waals surface area contributed by atoms with Crippen LogP contribution in [0, 0.1) is 11.3 Å². The highest BCUT2D eigenvalue weighted by Crippen LogP contribution is 1.96. The minimum atomic E-state index is 0.715. The third-order valence-electron chi connectivity index (χ3n) is 2.11. The number of hydrogen-bond acceptors (Lipinski definition) is 2. The van der Waals surface area contributed by atoms with Gasteiger partial charge in [0.05, 0.1) is 11.6 Å². The lowest BCUT2D eigenvalue weighted by molar-refractivity contribution is 0.520. The molecular weight excluding hydrogens is 172 g/mol. The fourth-order valence-electron chi connectivity index (χ4n) is 1.31. The van der Waals surface area contributed by atoms with Gasteiger partial charge in [0, 0.05) is 0 Å². The van der Waals surface area contributed by atoms with E-state index in [1.807, 2.05) is 24.3 Å². The van der Waals surface area contributed by atoms with Crippen molar-refractivity contribution in [1.82, 2.24) is 5.32 Å². The van der Waals surface area contributed by atoms with Crippen LogP contribution in [0.1, 0.15) is 24.8 Å². The molecule has 1 aromatic rings. The van der Waals surface area contributed by atoms with Gasteiger partial charge >= 0.3 is 0 Å². The van der Waals surface area contributed by atoms with Crippen molar-refractivity contribution in [2.45, 2.75) is 19.3 Å². The molecule has 0 aromatic heterocycles. The van der Waals surface area contributed by atoms with Gasteiger partial charge in [-0.3, -0.25) is 0 Å². The molecule has 1 heterocycles. The quantitative estimate of drug-likeness (QED) is 0.678. The number of nitriles is 1. The summed E-state index contributed by atoms with van der Waals surface area (Å²) in [5.41, 5.74) is 0.715. The van der Waals surface area contributed by atoms with Crippen LogP contribution in [-0.4, -0.2) is 13.1 Å². The van der Waals surface area contributed by atoms with E-state index in [-0.39, 0.29) is 0 Å². The van der Waals surface area contributed by atoms with Crippen LogP contribution in [-0.2, 0) is 0 Å². The third kappa shape index (κ3) is 4.64. The number of piperidine rings is 1. The van der Waals surface area contributed by atoms with E-state index in [0.717, 1.165) is 0 Å². The molecule has 0 amide bonds. The number of hydrogen-bond donors (Lipinski definition) is 1. The van der Waals surface area contributed by atoms with Gasteiger partial charge in [0.25, 0.3) is 0 Å². The maximum Gasteiger partial charge on any atom is 0.0991 e. The fourth-order valence-corrected chi connectivity index (χ4v) is 1.31. The molecule has 74 valence electrons. The molecule has 0 atom stereocenters. The molecule has 1 aliphatic heterocycles. The van der Waals surface area contributed by atoms with Crippen LogP contribution in [0.3, 0.4) is 0 Å². The van der Waals surface area contributed by atoms with Crippen molar-refractivity contribution in [1.29, 1.82) is 5.26 Å². The molecular formula is C12H16N2. The first kappa shape index (κ1) is 10.7. The van der Waals surface area contributed by atoms with Crippen molar-refractivity contribution in [3.63, 3.8) is 0 Å². The molecule has 14 heavy (non-hydrogen) atoms. The Morgan fingerprint density at radius 2 is 1.64 bits per heavy atom. The van der Waals surface area contributed by atoms with Gasteiger partial charge in [-0.25, -0.2) is 0 Å². The van der Waals surface area contributed by atoms with E-state index >= 15 is 0 Å². The number of nitrogens with one attached hydrogen (secondary N) is 1. The van der Waals surface area contributed by atoms with Gasteiger partial charge in [0.1, 0.15) is 0 Å². The SMILES string of the molecule is C1CCNCC1.N#Cc1ccccc1. The van der Waals surface area contributed by atoms with Crippen molar-refractivity contribution < 1.29 is 0 Å². The zero-order valence-corrected chi connectivity index (χ0v) is 8.37. The van der Waals surface area contributed by atoms with E-state index in [2.05, 4.69) is 5.32 Å². The molecule has 1 aromatic carbocycles. The Kier molecular flexibility index (Phi) is 5.46. The topological polar surface area (TPSA) is 35.8 Å². The summed E-state index contributed by atoms with van der Waals surface area (Å²) in [6, 6.07) is 11.2. The van der Waals surface area contributed by atoms with Crippen LogP contribution in [0.25, 0.3) is 0 Å². The van der Waals surface area contributed by atoms with Gasteiger partial charge in [0.2, 0.25) is 0 Å². The number of nitrogens with zero attached hydrogens (tertiary/aromatic N) is 1. The lowest BCUT2D eigenvalue weighted by atomic mass is 10.2. The minimum Gasteiger partial charge on any atom is -0.317 e. The summed E-state index contributed by atoms with van der Waals surface area (Å²) in [7, 11) is 0. The lowest BCUT2D eigenvalue weighted by Gasteiger charge is -2.08. The average Bonchev–Trinajstić information content (AvgIpc) is 2.33. The van der Waals surface area contributed by atoms with Crippen LogP contribution >= 0.6 is 0 Å². The van der Waals surface area contributed by atoms with Crippen molar-refractivity contribution in [2.24, 2.45) is 0 Å². The van der Waals surface area contributed by atoms with Gasteiger partial charge in [-0.1, -0.05) is 24.6 Å². The smallest absolute Gasteiger partial charge is 0.0991 e. The van der Waals surface area contributed by atoms with E-state index in [1.54, 1.807) is 12.1 Å². The Bertz CT molecular complexity index is 259. The largest absolute Gasteiger partial charge is 0.317 e.